The van der Waals surface area contributed by atoms with Crippen LogP contribution < -0.4 is 0 Å². The molecule has 0 aliphatic carbocycles. The second-order valence-electron chi connectivity index (χ2n) is 4.41. The second kappa shape index (κ2) is 4.58. The lowest BCUT2D eigenvalue weighted by molar-refractivity contribution is 0.799. The summed E-state index contributed by atoms with van der Waals surface area (Å²) in [5, 5.41) is 1.27. The van der Waals surface area contributed by atoms with E-state index in [9.17, 15) is 0 Å². The van der Waals surface area contributed by atoms with Gasteiger partial charge in [-0.15, -0.1) is 0 Å². The number of hydrogen-bond donors (Lipinski definition) is 0. The molecule has 2 aromatic heterocycles. The number of hydrogen-bond acceptors (Lipinski definition) is 1. The highest BCUT2D eigenvalue weighted by molar-refractivity contribution is 9.10. The van der Waals surface area contributed by atoms with Crippen molar-refractivity contribution in [3.8, 4) is 0 Å². The minimum atomic E-state index is 0.853. The molecule has 0 amide bonds. The predicted molar refractivity (Wildman–Crippen MR) is 77.7 cm³/mol. The highest BCUT2D eigenvalue weighted by atomic mass is 79.9. The summed E-state index contributed by atoms with van der Waals surface area (Å²) in [6, 6.07) is 12.6. The van der Waals surface area contributed by atoms with Crippen molar-refractivity contribution in [2.45, 2.75) is 13.5 Å². The summed E-state index contributed by atoms with van der Waals surface area (Å²) < 4.78 is 3.45. The Morgan fingerprint density at radius 2 is 2.11 bits per heavy atom. The summed E-state index contributed by atoms with van der Waals surface area (Å²) in [7, 11) is 0. The smallest absolute Gasteiger partial charge is 0.0629 e. The predicted octanol–water partition coefficient (Wildman–Crippen LogP) is 4.16. The summed E-state index contributed by atoms with van der Waals surface area (Å²) in [6.45, 7) is 2.99. The lowest BCUT2D eigenvalue weighted by Gasteiger charge is -2.09. The number of fused-ring (bicyclic) bond motifs is 1. The quantitative estimate of drug-likeness (QED) is 0.695. The molecule has 3 heteroatoms. The van der Waals surface area contributed by atoms with E-state index in [4.69, 9.17) is 0 Å². The van der Waals surface area contributed by atoms with E-state index in [-0.39, 0.29) is 0 Å². The molecule has 0 N–H and O–H groups in total. The molecule has 0 aliphatic rings. The number of para-hydroxylation sites is 1. The molecule has 1 aromatic carbocycles. The van der Waals surface area contributed by atoms with E-state index < -0.39 is 0 Å². The third-order valence-corrected chi connectivity index (χ3v) is 3.78. The Bertz CT molecular complexity index is 686. The molecular weight excluding hydrogens is 288 g/mol. The fourth-order valence-electron chi connectivity index (χ4n) is 2.29. The number of aryl methyl sites for hydroxylation is 1. The van der Waals surface area contributed by atoms with Gasteiger partial charge in [0.05, 0.1) is 5.52 Å². The van der Waals surface area contributed by atoms with Gasteiger partial charge < -0.3 is 4.57 Å². The SMILES string of the molecule is Cc1cc2cccc(Br)c2n1Cc1cccnc1. The zero-order chi connectivity index (χ0) is 12.5. The van der Waals surface area contributed by atoms with Crippen LogP contribution in [0.1, 0.15) is 11.3 Å². The molecule has 0 atom stereocenters. The molecule has 3 rings (SSSR count). The molecule has 0 saturated carbocycles. The van der Waals surface area contributed by atoms with Crippen molar-refractivity contribution in [3.05, 3.63) is 64.5 Å². The van der Waals surface area contributed by atoms with Gasteiger partial charge in [0.2, 0.25) is 0 Å². The van der Waals surface area contributed by atoms with Crippen LogP contribution in [-0.4, -0.2) is 9.55 Å². The van der Waals surface area contributed by atoms with Crippen molar-refractivity contribution < 1.29 is 0 Å². The van der Waals surface area contributed by atoms with Crippen LogP contribution in [0.5, 0.6) is 0 Å². The molecule has 3 aromatic rings. The van der Waals surface area contributed by atoms with E-state index in [0.717, 1.165) is 11.0 Å². The summed E-state index contributed by atoms with van der Waals surface area (Å²) in [6.07, 6.45) is 3.72. The maximum atomic E-state index is 4.17. The average molecular weight is 301 g/mol. The summed E-state index contributed by atoms with van der Waals surface area (Å²) in [4.78, 5) is 4.17. The first-order valence-corrected chi connectivity index (χ1v) is 6.68. The van der Waals surface area contributed by atoms with Gasteiger partial charge in [-0.25, -0.2) is 0 Å². The molecule has 0 spiro atoms. The van der Waals surface area contributed by atoms with Crippen LogP contribution in [0.2, 0.25) is 0 Å². The summed E-state index contributed by atoms with van der Waals surface area (Å²) >= 11 is 3.64. The lowest BCUT2D eigenvalue weighted by Crippen LogP contribution is -2.02. The van der Waals surface area contributed by atoms with Gasteiger partial charge in [0.15, 0.2) is 0 Å². The largest absolute Gasteiger partial charge is 0.339 e. The average Bonchev–Trinajstić information content (AvgIpc) is 2.69. The summed E-state index contributed by atoms with van der Waals surface area (Å²) in [5.74, 6) is 0. The zero-order valence-electron chi connectivity index (χ0n) is 10.1. The Hall–Kier alpha value is -1.61. The third kappa shape index (κ3) is 1.95. The molecule has 0 aliphatic heterocycles. The highest BCUT2D eigenvalue weighted by Crippen LogP contribution is 2.27. The van der Waals surface area contributed by atoms with E-state index in [1.54, 1.807) is 6.20 Å². The third-order valence-electron chi connectivity index (χ3n) is 3.14. The molecule has 2 heterocycles. The fourth-order valence-corrected chi connectivity index (χ4v) is 2.89. The second-order valence-corrected chi connectivity index (χ2v) is 5.27. The topological polar surface area (TPSA) is 17.8 Å². The standard InChI is InChI=1S/C15H13BrN2/c1-11-8-13-5-2-6-14(16)15(13)18(11)10-12-4-3-7-17-9-12/h2-9H,10H2,1H3. The van der Waals surface area contributed by atoms with Crippen LogP contribution >= 0.6 is 15.9 Å². The molecule has 90 valence electrons. The Kier molecular flexibility index (Phi) is 2.92. The maximum Gasteiger partial charge on any atom is 0.0629 e. The maximum absolute atomic E-state index is 4.17. The molecule has 0 saturated heterocycles. The first kappa shape index (κ1) is 11.5. The molecule has 0 radical (unpaired) electrons. The first-order chi connectivity index (χ1) is 8.75. The van der Waals surface area contributed by atoms with Gasteiger partial charge in [-0.3, -0.25) is 4.98 Å². The van der Waals surface area contributed by atoms with Gasteiger partial charge in [0.1, 0.15) is 0 Å². The lowest BCUT2D eigenvalue weighted by atomic mass is 10.2. The number of nitrogens with zero attached hydrogens (tertiary/aromatic N) is 2. The van der Waals surface area contributed by atoms with Crippen molar-refractivity contribution in [2.75, 3.05) is 0 Å². The van der Waals surface area contributed by atoms with Crippen LogP contribution in [0.15, 0.2) is 53.3 Å². The normalized spacial score (nSPS) is 11.0. The van der Waals surface area contributed by atoms with Gasteiger partial charge >= 0.3 is 0 Å². The Labute approximate surface area is 114 Å². The Balaban J connectivity index is 2.14. The molecular formula is C15H13BrN2. The van der Waals surface area contributed by atoms with Gasteiger partial charge in [-0.2, -0.15) is 0 Å². The first-order valence-electron chi connectivity index (χ1n) is 5.89. The van der Waals surface area contributed by atoms with Crippen LogP contribution in [0.3, 0.4) is 0 Å². The molecule has 0 unspecified atom stereocenters. The molecule has 2 nitrogen and oxygen atoms in total. The number of pyridine rings is 1. The fraction of sp³-hybridized carbons (Fsp3) is 0.133. The van der Waals surface area contributed by atoms with E-state index in [1.165, 1.54) is 22.2 Å². The van der Waals surface area contributed by atoms with Crippen LogP contribution in [0, 0.1) is 6.92 Å². The minimum absolute atomic E-state index is 0.853. The minimum Gasteiger partial charge on any atom is -0.339 e. The zero-order valence-corrected chi connectivity index (χ0v) is 11.7. The van der Waals surface area contributed by atoms with Crippen molar-refractivity contribution in [2.24, 2.45) is 0 Å². The van der Waals surface area contributed by atoms with Crippen molar-refractivity contribution in [3.63, 3.8) is 0 Å². The summed E-state index contributed by atoms with van der Waals surface area (Å²) in [5.41, 5.74) is 3.73. The van der Waals surface area contributed by atoms with Crippen molar-refractivity contribution >= 4 is 26.8 Å². The Morgan fingerprint density at radius 1 is 1.22 bits per heavy atom. The monoisotopic (exact) mass is 300 g/mol. The number of halogens is 1. The van der Waals surface area contributed by atoms with E-state index in [0.29, 0.717) is 0 Å². The molecule has 0 bridgehead atoms. The van der Waals surface area contributed by atoms with E-state index in [2.05, 4.69) is 62.7 Å². The van der Waals surface area contributed by atoms with Crippen LogP contribution in [-0.2, 0) is 6.54 Å². The van der Waals surface area contributed by atoms with Gasteiger partial charge in [-0.05, 0) is 46.6 Å². The Morgan fingerprint density at radius 3 is 2.89 bits per heavy atom. The van der Waals surface area contributed by atoms with Crippen LogP contribution in [0.4, 0.5) is 0 Å². The van der Waals surface area contributed by atoms with Gasteiger partial charge in [0.25, 0.3) is 0 Å². The molecule has 18 heavy (non-hydrogen) atoms. The number of aromatic nitrogens is 2. The number of benzene rings is 1. The number of rotatable bonds is 2. The van der Waals surface area contributed by atoms with Crippen molar-refractivity contribution in [1.29, 1.82) is 0 Å². The molecule has 0 fully saturated rings. The van der Waals surface area contributed by atoms with Crippen LogP contribution in [0.25, 0.3) is 10.9 Å². The van der Waals surface area contributed by atoms with Crippen molar-refractivity contribution in [1.82, 2.24) is 9.55 Å². The highest BCUT2D eigenvalue weighted by Gasteiger charge is 2.08. The van der Waals surface area contributed by atoms with Gasteiger partial charge in [-0.1, -0.05) is 18.2 Å². The van der Waals surface area contributed by atoms with Gasteiger partial charge in [0, 0.05) is 34.5 Å². The van der Waals surface area contributed by atoms with E-state index >= 15 is 0 Å². The van der Waals surface area contributed by atoms with E-state index in [1.807, 2.05) is 12.3 Å².